The molecule has 160 valence electrons. The van der Waals surface area contributed by atoms with E-state index in [-0.39, 0.29) is 11.3 Å². The molecule has 0 saturated carbocycles. The van der Waals surface area contributed by atoms with E-state index in [1.54, 1.807) is 19.5 Å². The Kier molecular flexibility index (Phi) is 6.69. The largest absolute Gasteiger partial charge is 0.383 e. The molecular weight excluding hydrogens is 378 g/mol. The van der Waals surface area contributed by atoms with Crippen LogP contribution in [0.1, 0.15) is 36.8 Å². The number of ether oxygens (including phenoxy) is 1. The van der Waals surface area contributed by atoms with E-state index in [1.807, 2.05) is 23.4 Å². The van der Waals surface area contributed by atoms with Crippen molar-refractivity contribution < 1.29 is 9.53 Å². The number of methoxy groups -OCH3 is 1. The highest BCUT2D eigenvalue weighted by Crippen LogP contribution is 2.44. The van der Waals surface area contributed by atoms with Crippen molar-refractivity contribution in [3.63, 3.8) is 0 Å². The van der Waals surface area contributed by atoms with E-state index in [0.717, 1.165) is 57.6 Å². The Bertz CT molecular complexity index is 809. The van der Waals surface area contributed by atoms with Gasteiger partial charge in [-0.2, -0.15) is 0 Å². The molecule has 1 spiro atoms. The summed E-state index contributed by atoms with van der Waals surface area (Å²) >= 11 is 0. The van der Waals surface area contributed by atoms with E-state index in [0.29, 0.717) is 18.9 Å². The second kappa shape index (κ2) is 9.62. The van der Waals surface area contributed by atoms with E-state index in [9.17, 15) is 4.79 Å². The van der Waals surface area contributed by atoms with Crippen molar-refractivity contribution in [1.29, 1.82) is 0 Å². The molecule has 0 bridgehead atoms. The summed E-state index contributed by atoms with van der Waals surface area (Å²) in [5.74, 6) is 0.243. The molecule has 2 aliphatic heterocycles. The third-order valence-electron chi connectivity index (χ3n) is 6.61. The number of hydrogen-bond donors (Lipinski definition) is 0. The van der Waals surface area contributed by atoms with Crippen LogP contribution < -0.4 is 0 Å². The van der Waals surface area contributed by atoms with Crippen molar-refractivity contribution in [3.8, 4) is 0 Å². The number of nitrogens with zero attached hydrogens (tertiary/aromatic N) is 5. The van der Waals surface area contributed by atoms with Crippen LogP contribution in [0.25, 0.3) is 0 Å². The van der Waals surface area contributed by atoms with Gasteiger partial charge in [0, 0.05) is 70.5 Å². The van der Waals surface area contributed by atoms with Crippen LogP contribution in [0.4, 0.5) is 0 Å². The molecule has 4 heterocycles. The highest BCUT2D eigenvalue weighted by molar-refractivity contribution is 5.76. The van der Waals surface area contributed by atoms with Crippen LogP contribution >= 0.6 is 0 Å². The zero-order chi connectivity index (χ0) is 20.8. The first-order valence-electron chi connectivity index (χ1n) is 10.8. The first-order chi connectivity index (χ1) is 14.7. The Morgan fingerprint density at radius 3 is 2.63 bits per heavy atom. The molecule has 2 aliphatic rings. The molecule has 0 aromatic carbocycles. The number of aromatic nitrogens is 3. The van der Waals surface area contributed by atoms with E-state index in [2.05, 4.69) is 25.9 Å². The zero-order valence-electron chi connectivity index (χ0n) is 17.7. The molecule has 2 aromatic rings. The molecule has 1 atom stereocenters. The maximum Gasteiger partial charge on any atom is 0.222 e. The van der Waals surface area contributed by atoms with Crippen molar-refractivity contribution in [2.45, 2.75) is 44.7 Å². The lowest BCUT2D eigenvalue weighted by Gasteiger charge is -2.39. The van der Waals surface area contributed by atoms with E-state index >= 15 is 0 Å². The third kappa shape index (κ3) is 5.02. The van der Waals surface area contributed by atoms with Crippen molar-refractivity contribution in [2.24, 2.45) is 5.41 Å². The summed E-state index contributed by atoms with van der Waals surface area (Å²) in [6.45, 7) is 4.43. The van der Waals surface area contributed by atoms with Crippen LogP contribution in [0.5, 0.6) is 0 Å². The molecule has 4 rings (SSSR count). The third-order valence-corrected chi connectivity index (χ3v) is 6.61. The monoisotopic (exact) mass is 409 g/mol. The van der Waals surface area contributed by atoms with Crippen LogP contribution in [0.15, 0.2) is 43.2 Å². The topological polar surface area (TPSA) is 71.5 Å². The number of piperidine rings is 1. The van der Waals surface area contributed by atoms with Crippen molar-refractivity contribution in [2.75, 3.05) is 33.4 Å². The van der Waals surface area contributed by atoms with Gasteiger partial charge in [0.15, 0.2) is 0 Å². The smallest absolute Gasteiger partial charge is 0.222 e. The number of rotatable bonds is 7. The van der Waals surface area contributed by atoms with Gasteiger partial charge in [0.1, 0.15) is 6.33 Å². The standard InChI is InChI=1S/C23H31N5O2/c1-30-16-21-11-23(17-28(21)15-20-3-2-8-24-14-20)6-9-27(10-7-23)22(29)5-4-19-12-25-18-26-13-19/h2-3,8,12-14,18,21H,4-7,9-11,15-17H2,1H3/t21-/m0/s1. The molecule has 2 aromatic heterocycles. The average Bonchev–Trinajstić information content (AvgIpc) is 3.10. The van der Waals surface area contributed by atoms with Crippen LogP contribution in [0.2, 0.25) is 0 Å². The fraction of sp³-hybridized carbons (Fsp3) is 0.565. The summed E-state index contributed by atoms with van der Waals surface area (Å²) in [4.78, 5) is 29.6. The van der Waals surface area contributed by atoms with Gasteiger partial charge in [-0.05, 0) is 48.3 Å². The number of hydrogen-bond acceptors (Lipinski definition) is 6. The summed E-state index contributed by atoms with van der Waals surface area (Å²) in [5.41, 5.74) is 2.55. The maximum atomic E-state index is 12.7. The molecule has 7 heteroatoms. The van der Waals surface area contributed by atoms with Crippen LogP contribution in [-0.2, 0) is 22.5 Å². The molecule has 0 radical (unpaired) electrons. The quantitative estimate of drug-likeness (QED) is 0.699. The maximum absolute atomic E-state index is 12.7. The van der Waals surface area contributed by atoms with Gasteiger partial charge in [0.05, 0.1) is 6.61 Å². The molecule has 1 amide bonds. The van der Waals surface area contributed by atoms with E-state index in [1.165, 1.54) is 11.9 Å². The molecule has 0 aliphatic carbocycles. The van der Waals surface area contributed by atoms with E-state index in [4.69, 9.17) is 4.74 Å². The Hall–Kier alpha value is -2.38. The predicted octanol–water partition coefficient (Wildman–Crippen LogP) is 2.33. The molecule has 2 saturated heterocycles. The van der Waals surface area contributed by atoms with Gasteiger partial charge in [0.25, 0.3) is 0 Å². The zero-order valence-corrected chi connectivity index (χ0v) is 17.7. The molecular formula is C23H31N5O2. The molecule has 2 fully saturated rings. The summed E-state index contributed by atoms with van der Waals surface area (Å²) < 4.78 is 5.53. The number of carbonyl (C=O) groups excluding carboxylic acids is 1. The van der Waals surface area contributed by atoms with Gasteiger partial charge in [-0.1, -0.05) is 6.07 Å². The van der Waals surface area contributed by atoms with Gasteiger partial charge < -0.3 is 9.64 Å². The number of carbonyl (C=O) groups is 1. The van der Waals surface area contributed by atoms with Crippen LogP contribution in [0.3, 0.4) is 0 Å². The van der Waals surface area contributed by atoms with Gasteiger partial charge in [-0.3, -0.25) is 14.7 Å². The SMILES string of the molecule is COC[C@@H]1CC2(CCN(C(=O)CCc3cncnc3)CC2)CN1Cc1cccnc1. The number of likely N-dealkylation sites (tertiary alicyclic amines) is 2. The fourth-order valence-corrected chi connectivity index (χ4v) is 4.98. The Morgan fingerprint density at radius 1 is 1.17 bits per heavy atom. The van der Waals surface area contributed by atoms with E-state index < -0.39 is 0 Å². The Morgan fingerprint density at radius 2 is 1.93 bits per heavy atom. The molecule has 30 heavy (non-hydrogen) atoms. The second-order valence-corrected chi connectivity index (χ2v) is 8.71. The van der Waals surface area contributed by atoms with Gasteiger partial charge >= 0.3 is 0 Å². The normalized spacial score (nSPS) is 21.2. The van der Waals surface area contributed by atoms with Crippen molar-refractivity contribution in [1.82, 2.24) is 24.8 Å². The van der Waals surface area contributed by atoms with Crippen molar-refractivity contribution in [3.05, 3.63) is 54.4 Å². The fourth-order valence-electron chi connectivity index (χ4n) is 4.98. The van der Waals surface area contributed by atoms with Gasteiger partial charge in [-0.25, -0.2) is 9.97 Å². The number of pyridine rings is 1. The summed E-state index contributed by atoms with van der Waals surface area (Å²) in [5, 5.41) is 0. The number of aryl methyl sites for hydroxylation is 1. The Labute approximate surface area is 178 Å². The van der Waals surface area contributed by atoms with Crippen LogP contribution in [-0.4, -0.2) is 70.1 Å². The Balaban J connectivity index is 1.32. The molecule has 0 unspecified atom stereocenters. The summed E-state index contributed by atoms with van der Waals surface area (Å²) in [6, 6.07) is 4.56. The summed E-state index contributed by atoms with van der Waals surface area (Å²) in [7, 11) is 1.78. The predicted molar refractivity (Wildman–Crippen MR) is 114 cm³/mol. The molecule has 0 N–H and O–H groups in total. The number of amides is 1. The second-order valence-electron chi connectivity index (χ2n) is 8.71. The highest BCUT2D eigenvalue weighted by Gasteiger charge is 2.45. The lowest BCUT2D eigenvalue weighted by Crippen LogP contribution is -2.44. The summed E-state index contributed by atoms with van der Waals surface area (Å²) in [6.07, 6.45) is 13.4. The lowest BCUT2D eigenvalue weighted by atomic mass is 9.76. The first kappa shape index (κ1) is 20.9. The molecule has 7 nitrogen and oxygen atoms in total. The minimum absolute atomic E-state index is 0.243. The van der Waals surface area contributed by atoms with Crippen LogP contribution in [0, 0.1) is 5.41 Å². The minimum atomic E-state index is 0.243. The van der Waals surface area contributed by atoms with Gasteiger partial charge in [0.2, 0.25) is 5.91 Å². The minimum Gasteiger partial charge on any atom is -0.383 e. The first-order valence-corrected chi connectivity index (χ1v) is 10.8. The highest BCUT2D eigenvalue weighted by atomic mass is 16.5. The van der Waals surface area contributed by atoms with Crippen molar-refractivity contribution >= 4 is 5.91 Å². The van der Waals surface area contributed by atoms with Gasteiger partial charge in [-0.15, -0.1) is 0 Å². The average molecular weight is 410 g/mol. The lowest BCUT2D eigenvalue weighted by molar-refractivity contribution is -0.133.